The van der Waals surface area contributed by atoms with Crippen LogP contribution in [0.4, 0.5) is 10.1 Å². The van der Waals surface area contributed by atoms with Crippen molar-refractivity contribution in [2.24, 2.45) is 5.92 Å². The molecule has 1 aromatic carbocycles. The van der Waals surface area contributed by atoms with Gasteiger partial charge in [0, 0.05) is 26.3 Å². The molecule has 0 radical (unpaired) electrons. The number of methoxy groups -OCH3 is 1. The van der Waals surface area contributed by atoms with Gasteiger partial charge < -0.3 is 4.74 Å². The van der Waals surface area contributed by atoms with Crippen molar-refractivity contribution >= 4 is 5.69 Å². The van der Waals surface area contributed by atoms with E-state index >= 15 is 0 Å². The maximum atomic E-state index is 13.6. The predicted octanol–water partition coefficient (Wildman–Crippen LogP) is 2.59. The Kier molecular flexibility index (Phi) is 5.03. The van der Waals surface area contributed by atoms with Crippen molar-refractivity contribution in [1.29, 1.82) is 0 Å². The van der Waals surface area contributed by atoms with Crippen LogP contribution in [0.1, 0.15) is 18.4 Å². The SMILES string of the molecule is COCC1CCCN(Cc2ccc([N+](=O)[O-])c(F)c2)C1. The zero-order chi connectivity index (χ0) is 14.5. The molecule has 6 heteroatoms. The molecule has 110 valence electrons. The van der Waals surface area contributed by atoms with E-state index in [1.165, 1.54) is 12.1 Å². The smallest absolute Gasteiger partial charge is 0.304 e. The molecule has 1 fully saturated rings. The summed E-state index contributed by atoms with van der Waals surface area (Å²) in [5, 5.41) is 10.6. The van der Waals surface area contributed by atoms with E-state index in [4.69, 9.17) is 4.74 Å². The van der Waals surface area contributed by atoms with E-state index in [9.17, 15) is 14.5 Å². The summed E-state index contributed by atoms with van der Waals surface area (Å²) < 4.78 is 18.8. The Bertz CT molecular complexity index is 479. The van der Waals surface area contributed by atoms with Gasteiger partial charge in [0.25, 0.3) is 0 Å². The zero-order valence-corrected chi connectivity index (χ0v) is 11.5. The number of hydrogen-bond donors (Lipinski definition) is 0. The van der Waals surface area contributed by atoms with Gasteiger partial charge in [-0.3, -0.25) is 15.0 Å². The van der Waals surface area contributed by atoms with Crippen molar-refractivity contribution in [2.75, 3.05) is 26.8 Å². The molecule has 20 heavy (non-hydrogen) atoms. The molecule has 5 nitrogen and oxygen atoms in total. The normalized spacial score (nSPS) is 20.0. The zero-order valence-electron chi connectivity index (χ0n) is 11.5. The fourth-order valence-corrected chi connectivity index (χ4v) is 2.72. The molecule has 0 amide bonds. The number of halogens is 1. The highest BCUT2D eigenvalue weighted by Crippen LogP contribution is 2.22. The first-order chi connectivity index (χ1) is 9.60. The topological polar surface area (TPSA) is 55.6 Å². The predicted molar refractivity (Wildman–Crippen MR) is 72.9 cm³/mol. The fourth-order valence-electron chi connectivity index (χ4n) is 2.72. The number of nitro groups is 1. The number of rotatable bonds is 5. The Morgan fingerprint density at radius 2 is 2.35 bits per heavy atom. The van der Waals surface area contributed by atoms with Crippen LogP contribution in [-0.4, -0.2) is 36.6 Å². The van der Waals surface area contributed by atoms with Crippen LogP contribution < -0.4 is 0 Å². The van der Waals surface area contributed by atoms with Gasteiger partial charge in [-0.25, -0.2) is 0 Å². The van der Waals surface area contributed by atoms with Crippen LogP contribution >= 0.6 is 0 Å². The Balaban J connectivity index is 1.99. The first kappa shape index (κ1) is 14.9. The highest BCUT2D eigenvalue weighted by Gasteiger charge is 2.21. The first-order valence-corrected chi connectivity index (χ1v) is 6.74. The van der Waals surface area contributed by atoms with E-state index in [2.05, 4.69) is 4.90 Å². The van der Waals surface area contributed by atoms with Crippen molar-refractivity contribution in [3.05, 3.63) is 39.7 Å². The minimum absolute atomic E-state index is 0.468. The highest BCUT2D eigenvalue weighted by molar-refractivity contribution is 5.34. The molecule has 0 bridgehead atoms. The van der Waals surface area contributed by atoms with Gasteiger partial charge in [-0.15, -0.1) is 0 Å². The molecule has 1 saturated heterocycles. The second-order valence-electron chi connectivity index (χ2n) is 5.24. The molecule has 0 aromatic heterocycles. The molecule has 1 aliphatic heterocycles. The molecule has 1 aliphatic rings. The molecular formula is C14H19FN2O3. The van der Waals surface area contributed by atoms with Gasteiger partial charge in [0.1, 0.15) is 0 Å². The van der Waals surface area contributed by atoms with Crippen LogP contribution in [0.3, 0.4) is 0 Å². The van der Waals surface area contributed by atoms with E-state index in [0.29, 0.717) is 12.5 Å². The minimum atomic E-state index is -0.766. The average molecular weight is 282 g/mol. The molecule has 0 aliphatic carbocycles. The lowest BCUT2D eigenvalue weighted by Gasteiger charge is -2.32. The molecule has 0 N–H and O–H groups in total. The summed E-state index contributed by atoms with van der Waals surface area (Å²) in [4.78, 5) is 12.1. The van der Waals surface area contributed by atoms with Gasteiger partial charge in [-0.05, 0) is 36.9 Å². The van der Waals surface area contributed by atoms with E-state index < -0.39 is 16.4 Å². The number of hydrogen-bond acceptors (Lipinski definition) is 4. The summed E-state index contributed by atoms with van der Waals surface area (Å²) in [6.07, 6.45) is 2.25. The van der Waals surface area contributed by atoms with Crippen LogP contribution in [0.25, 0.3) is 0 Å². The number of piperidine rings is 1. The third-order valence-corrected chi connectivity index (χ3v) is 3.62. The molecule has 1 unspecified atom stereocenters. The van der Waals surface area contributed by atoms with Gasteiger partial charge in [-0.1, -0.05) is 6.07 Å². The number of likely N-dealkylation sites (tertiary alicyclic amines) is 1. The van der Waals surface area contributed by atoms with Gasteiger partial charge >= 0.3 is 5.69 Å². The molecule has 0 spiro atoms. The molecule has 0 saturated carbocycles. The Morgan fingerprint density at radius 1 is 1.55 bits per heavy atom. The standard InChI is InChI=1S/C14H19FN2O3/c1-20-10-12-3-2-6-16(9-12)8-11-4-5-14(17(18)19)13(15)7-11/h4-5,7,12H,2-3,6,8-10H2,1H3. The second kappa shape index (κ2) is 6.76. The van der Waals surface area contributed by atoms with Gasteiger partial charge in [0.15, 0.2) is 0 Å². The number of nitro benzene ring substituents is 1. The van der Waals surface area contributed by atoms with Crippen molar-refractivity contribution in [3.8, 4) is 0 Å². The van der Waals surface area contributed by atoms with Crippen molar-refractivity contribution in [1.82, 2.24) is 4.90 Å². The second-order valence-corrected chi connectivity index (χ2v) is 5.24. The first-order valence-electron chi connectivity index (χ1n) is 6.74. The summed E-state index contributed by atoms with van der Waals surface area (Å²) in [7, 11) is 1.70. The third kappa shape index (κ3) is 3.74. The molecule has 1 heterocycles. The summed E-state index contributed by atoms with van der Waals surface area (Å²) in [5.74, 6) is -0.255. The Hall–Kier alpha value is -1.53. The van der Waals surface area contributed by atoms with Crippen LogP contribution in [0.5, 0.6) is 0 Å². The lowest BCUT2D eigenvalue weighted by molar-refractivity contribution is -0.387. The van der Waals surface area contributed by atoms with Crippen molar-refractivity contribution in [2.45, 2.75) is 19.4 Å². The van der Waals surface area contributed by atoms with Crippen LogP contribution in [-0.2, 0) is 11.3 Å². The Morgan fingerprint density at radius 3 is 3.00 bits per heavy atom. The largest absolute Gasteiger partial charge is 0.384 e. The fraction of sp³-hybridized carbons (Fsp3) is 0.571. The summed E-state index contributed by atoms with van der Waals surface area (Å²) >= 11 is 0. The maximum absolute atomic E-state index is 13.6. The van der Waals surface area contributed by atoms with E-state index in [-0.39, 0.29) is 0 Å². The van der Waals surface area contributed by atoms with Crippen LogP contribution in [0.15, 0.2) is 18.2 Å². The monoisotopic (exact) mass is 282 g/mol. The maximum Gasteiger partial charge on any atom is 0.304 e. The molecule has 1 aromatic rings. The third-order valence-electron chi connectivity index (χ3n) is 3.62. The van der Waals surface area contributed by atoms with E-state index in [1.807, 2.05) is 0 Å². The lowest BCUT2D eigenvalue weighted by atomic mass is 9.98. The molecular weight excluding hydrogens is 263 g/mol. The van der Waals surface area contributed by atoms with E-state index in [1.54, 1.807) is 13.2 Å². The summed E-state index contributed by atoms with van der Waals surface area (Å²) in [5.41, 5.74) is 0.302. The number of nitrogens with zero attached hydrogens (tertiary/aromatic N) is 2. The molecule has 2 rings (SSSR count). The Labute approximate surface area is 117 Å². The van der Waals surface area contributed by atoms with Gasteiger partial charge in [0.05, 0.1) is 11.5 Å². The van der Waals surface area contributed by atoms with Crippen LogP contribution in [0.2, 0.25) is 0 Å². The number of benzene rings is 1. The number of ether oxygens (including phenoxy) is 1. The summed E-state index contributed by atoms with van der Waals surface area (Å²) in [6.45, 7) is 3.26. The summed E-state index contributed by atoms with van der Waals surface area (Å²) in [6, 6.07) is 4.13. The van der Waals surface area contributed by atoms with Crippen molar-refractivity contribution < 1.29 is 14.1 Å². The van der Waals surface area contributed by atoms with Crippen LogP contribution in [0, 0.1) is 21.8 Å². The molecule has 1 atom stereocenters. The van der Waals surface area contributed by atoms with Gasteiger partial charge in [0.2, 0.25) is 5.82 Å². The van der Waals surface area contributed by atoms with Gasteiger partial charge in [-0.2, -0.15) is 4.39 Å². The van der Waals surface area contributed by atoms with E-state index in [0.717, 1.165) is 38.1 Å². The lowest BCUT2D eigenvalue weighted by Crippen LogP contribution is -2.36. The average Bonchev–Trinajstić information content (AvgIpc) is 2.39. The minimum Gasteiger partial charge on any atom is -0.384 e. The quantitative estimate of drug-likeness (QED) is 0.615. The highest BCUT2D eigenvalue weighted by atomic mass is 19.1. The van der Waals surface area contributed by atoms with Crippen molar-refractivity contribution in [3.63, 3.8) is 0 Å².